The van der Waals surface area contributed by atoms with Gasteiger partial charge in [-0.3, -0.25) is 4.79 Å². The van der Waals surface area contributed by atoms with Crippen LogP contribution in [0.4, 0.5) is 5.69 Å². The van der Waals surface area contributed by atoms with E-state index in [2.05, 4.69) is 28.2 Å². The standard InChI is InChI=1S/C20H24BrNO3/c1-3-4-5-6-12-25-19-11-10-15(21)13-18(19)20(23)22-16-8-7-9-17(14-16)24-2/h7-11,13-14H,3-6,12H2,1-2H3,(H,22,23). The monoisotopic (exact) mass is 405 g/mol. The van der Waals surface area contributed by atoms with E-state index in [9.17, 15) is 4.79 Å². The zero-order valence-corrected chi connectivity index (χ0v) is 16.3. The van der Waals surface area contributed by atoms with Gasteiger partial charge in [0.15, 0.2) is 0 Å². The van der Waals surface area contributed by atoms with Crippen molar-refractivity contribution in [3.63, 3.8) is 0 Å². The van der Waals surface area contributed by atoms with Crippen molar-refractivity contribution >= 4 is 27.5 Å². The first-order chi connectivity index (χ1) is 12.1. The molecule has 0 fully saturated rings. The molecular weight excluding hydrogens is 382 g/mol. The van der Waals surface area contributed by atoms with Crippen LogP contribution in [-0.4, -0.2) is 19.6 Å². The summed E-state index contributed by atoms with van der Waals surface area (Å²) in [6, 6.07) is 12.7. The molecule has 2 aromatic carbocycles. The van der Waals surface area contributed by atoms with E-state index < -0.39 is 0 Å². The minimum atomic E-state index is -0.210. The van der Waals surface area contributed by atoms with E-state index >= 15 is 0 Å². The lowest BCUT2D eigenvalue weighted by atomic mass is 10.1. The number of carbonyl (C=O) groups excluding carboxylic acids is 1. The van der Waals surface area contributed by atoms with Crippen molar-refractivity contribution in [2.24, 2.45) is 0 Å². The predicted octanol–water partition coefficient (Wildman–Crippen LogP) is 5.67. The number of rotatable bonds is 9. The molecule has 0 spiro atoms. The van der Waals surface area contributed by atoms with Crippen molar-refractivity contribution in [1.82, 2.24) is 0 Å². The summed E-state index contributed by atoms with van der Waals surface area (Å²) >= 11 is 3.42. The van der Waals surface area contributed by atoms with Crippen LogP contribution in [0, 0.1) is 0 Å². The number of benzene rings is 2. The fourth-order valence-corrected chi connectivity index (χ4v) is 2.78. The lowest BCUT2D eigenvalue weighted by molar-refractivity contribution is 0.102. The van der Waals surface area contributed by atoms with Crippen LogP contribution in [0.3, 0.4) is 0 Å². The lowest BCUT2D eigenvalue weighted by Gasteiger charge is -2.13. The number of unbranched alkanes of at least 4 members (excludes halogenated alkanes) is 3. The van der Waals surface area contributed by atoms with Crippen LogP contribution in [0.15, 0.2) is 46.9 Å². The number of carbonyl (C=O) groups is 1. The van der Waals surface area contributed by atoms with Gasteiger partial charge < -0.3 is 14.8 Å². The quantitative estimate of drug-likeness (QED) is 0.546. The second-order valence-corrected chi connectivity index (χ2v) is 6.65. The molecule has 1 amide bonds. The molecular formula is C20H24BrNO3. The summed E-state index contributed by atoms with van der Waals surface area (Å²) < 4.78 is 11.9. The van der Waals surface area contributed by atoms with Gasteiger partial charge in [0.1, 0.15) is 11.5 Å². The van der Waals surface area contributed by atoms with Crippen LogP contribution < -0.4 is 14.8 Å². The Morgan fingerprint density at radius 1 is 1.12 bits per heavy atom. The molecule has 0 saturated carbocycles. The summed E-state index contributed by atoms with van der Waals surface area (Å²) in [6.07, 6.45) is 4.51. The largest absolute Gasteiger partial charge is 0.497 e. The zero-order chi connectivity index (χ0) is 18.1. The Kier molecular flexibility index (Phi) is 7.79. The van der Waals surface area contributed by atoms with E-state index in [4.69, 9.17) is 9.47 Å². The smallest absolute Gasteiger partial charge is 0.259 e. The van der Waals surface area contributed by atoms with Crippen LogP contribution >= 0.6 is 15.9 Å². The van der Waals surface area contributed by atoms with Crippen LogP contribution in [-0.2, 0) is 0 Å². The number of ether oxygens (including phenoxy) is 2. The van der Waals surface area contributed by atoms with Crippen LogP contribution in [0.1, 0.15) is 43.0 Å². The van der Waals surface area contributed by atoms with E-state index in [0.29, 0.717) is 29.4 Å². The molecule has 2 rings (SSSR count). The zero-order valence-electron chi connectivity index (χ0n) is 14.7. The molecule has 0 atom stereocenters. The first-order valence-corrected chi connectivity index (χ1v) is 9.31. The number of halogens is 1. The van der Waals surface area contributed by atoms with Crippen LogP contribution in [0.5, 0.6) is 11.5 Å². The van der Waals surface area contributed by atoms with Crippen molar-refractivity contribution in [2.75, 3.05) is 19.0 Å². The minimum absolute atomic E-state index is 0.210. The van der Waals surface area contributed by atoms with Gasteiger partial charge in [-0.25, -0.2) is 0 Å². The second-order valence-electron chi connectivity index (χ2n) is 5.74. The highest BCUT2D eigenvalue weighted by molar-refractivity contribution is 9.10. The topological polar surface area (TPSA) is 47.6 Å². The highest BCUT2D eigenvalue weighted by Gasteiger charge is 2.14. The van der Waals surface area contributed by atoms with Crippen molar-refractivity contribution in [3.8, 4) is 11.5 Å². The summed E-state index contributed by atoms with van der Waals surface area (Å²) in [5.74, 6) is 1.08. The molecule has 2 aromatic rings. The van der Waals surface area contributed by atoms with Gasteiger partial charge in [0, 0.05) is 16.2 Å². The maximum Gasteiger partial charge on any atom is 0.259 e. The Hall–Kier alpha value is -2.01. The molecule has 0 aromatic heterocycles. The Morgan fingerprint density at radius 2 is 1.96 bits per heavy atom. The van der Waals surface area contributed by atoms with E-state index in [0.717, 1.165) is 17.3 Å². The summed E-state index contributed by atoms with van der Waals surface area (Å²) in [7, 11) is 1.60. The van der Waals surface area contributed by atoms with Crippen LogP contribution in [0.2, 0.25) is 0 Å². The molecule has 1 N–H and O–H groups in total. The first-order valence-electron chi connectivity index (χ1n) is 8.51. The summed E-state index contributed by atoms with van der Waals surface area (Å²) in [4.78, 5) is 12.7. The molecule has 0 aliphatic carbocycles. The molecule has 5 heteroatoms. The average Bonchev–Trinajstić information content (AvgIpc) is 2.62. The third kappa shape index (κ3) is 6.09. The number of hydrogen-bond donors (Lipinski definition) is 1. The highest BCUT2D eigenvalue weighted by atomic mass is 79.9. The molecule has 0 aliphatic rings. The highest BCUT2D eigenvalue weighted by Crippen LogP contribution is 2.25. The Bertz CT molecular complexity index is 703. The van der Waals surface area contributed by atoms with Crippen molar-refractivity contribution in [2.45, 2.75) is 32.6 Å². The maximum atomic E-state index is 12.7. The Balaban J connectivity index is 2.07. The van der Waals surface area contributed by atoms with E-state index in [1.165, 1.54) is 12.8 Å². The van der Waals surface area contributed by atoms with Gasteiger partial charge in [-0.1, -0.05) is 48.2 Å². The molecule has 0 radical (unpaired) electrons. The molecule has 4 nitrogen and oxygen atoms in total. The van der Waals surface area contributed by atoms with Gasteiger partial charge in [0.25, 0.3) is 5.91 Å². The van der Waals surface area contributed by atoms with Crippen molar-refractivity contribution in [3.05, 3.63) is 52.5 Å². The van der Waals surface area contributed by atoms with Gasteiger partial charge in [-0.15, -0.1) is 0 Å². The number of hydrogen-bond acceptors (Lipinski definition) is 3. The minimum Gasteiger partial charge on any atom is -0.497 e. The van der Waals surface area contributed by atoms with Crippen LogP contribution in [0.25, 0.3) is 0 Å². The number of amides is 1. The second kappa shape index (κ2) is 10.1. The Labute approximate surface area is 157 Å². The number of nitrogens with one attached hydrogen (secondary N) is 1. The van der Waals surface area contributed by atoms with E-state index in [-0.39, 0.29) is 5.91 Å². The lowest BCUT2D eigenvalue weighted by Crippen LogP contribution is -2.14. The summed E-state index contributed by atoms with van der Waals surface area (Å²) in [5, 5.41) is 2.89. The van der Waals surface area contributed by atoms with Gasteiger partial charge >= 0.3 is 0 Å². The SMILES string of the molecule is CCCCCCOc1ccc(Br)cc1C(=O)Nc1cccc(OC)c1. The molecule has 0 saturated heterocycles. The average molecular weight is 406 g/mol. The summed E-state index contributed by atoms with van der Waals surface area (Å²) in [6.45, 7) is 2.79. The normalized spacial score (nSPS) is 10.4. The number of methoxy groups -OCH3 is 1. The molecule has 0 aliphatic heterocycles. The molecule has 134 valence electrons. The van der Waals surface area contributed by atoms with E-state index in [1.807, 2.05) is 30.3 Å². The van der Waals surface area contributed by atoms with Crippen molar-refractivity contribution < 1.29 is 14.3 Å². The van der Waals surface area contributed by atoms with E-state index in [1.54, 1.807) is 19.2 Å². The number of anilines is 1. The fraction of sp³-hybridized carbons (Fsp3) is 0.350. The fourth-order valence-electron chi connectivity index (χ4n) is 2.42. The first kappa shape index (κ1) is 19.3. The van der Waals surface area contributed by atoms with Gasteiger partial charge in [0.2, 0.25) is 0 Å². The molecule has 0 bridgehead atoms. The third-order valence-corrected chi connectivity index (χ3v) is 4.26. The van der Waals surface area contributed by atoms with Gasteiger partial charge in [-0.2, -0.15) is 0 Å². The molecule has 25 heavy (non-hydrogen) atoms. The predicted molar refractivity (Wildman–Crippen MR) is 105 cm³/mol. The Morgan fingerprint density at radius 3 is 2.72 bits per heavy atom. The maximum absolute atomic E-state index is 12.7. The van der Waals surface area contributed by atoms with Gasteiger partial charge in [0.05, 0.1) is 19.3 Å². The van der Waals surface area contributed by atoms with Crippen molar-refractivity contribution in [1.29, 1.82) is 0 Å². The third-order valence-electron chi connectivity index (χ3n) is 3.77. The summed E-state index contributed by atoms with van der Waals surface area (Å²) in [5.41, 5.74) is 1.19. The molecule has 0 heterocycles. The molecule has 0 unspecified atom stereocenters. The van der Waals surface area contributed by atoms with Gasteiger partial charge in [-0.05, 0) is 36.8 Å².